The monoisotopic (exact) mass is 626 g/mol. The van der Waals surface area contributed by atoms with Gasteiger partial charge >= 0.3 is 0 Å². The Kier molecular flexibility index (Phi) is 10.5. The van der Waals surface area contributed by atoms with Crippen LogP contribution in [0.15, 0.2) is 0 Å². The SMILES string of the molecule is Cc1c(I)c(C)[n+](C)n1CCCCCCCCCCCn1c(C)c(I)c(C)[n+]1C. The van der Waals surface area contributed by atoms with Crippen LogP contribution in [0.5, 0.6) is 0 Å². The van der Waals surface area contributed by atoms with Crippen molar-refractivity contribution in [3.8, 4) is 0 Å². The van der Waals surface area contributed by atoms with Gasteiger partial charge in [0.25, 0.3) is 0 Å². The molecule has 2 rings (SSSR count). The number of nitrogens with zero attached hydrogens (tertiary/aromatic N) is 4. The maximum Gasteiger partial charge on any atom is 0.218 e. The van der Waals surface area contributed by atoms with E-state index in [1.54, 1.807) is 0 Å². The van der Waals surface area contributed by atoms with E-state index in [4.69, 9.17) is 0 Å². The van der Waals surface area contributed by atoms with Crippen LogP contribution in [0.3, 0.4) is 0 Å². The molecule has 0 saturated carbocycles. The molecule has 2 aromatic heterocycles. The first-order valence-corrected chi connectivity index (χ1v) is 13.4. The molecule has 0 unspecified atom stereocenters. The maximum atomic E-state index is 2.47. The Balaban J connectivity index is 1.51. The van der Waals surface area contributed by atoms with E-state index in [-0.39, 0.29) is 0 Å². The van der Waals surface area contributed by atoms with E-state index in [2.05, 4.69) is 106 Å². The van der Waals surface area contributed by atoms with Crippen LogP contribution in [0.4, 0.5) is 0 Å². The quantitative estimate of drug-likeness (QED) is 0.166. The number of hydrogen-bond acceptors (Lipinski definition) is 0. The summed E-state index contributed by atoms with van der Waals surface area (Å²) in [6.45, 7) is 11.2. The van der Waals surface area contributed by atoms with Crippen LogP contribution in [0.2, 0.25) is 0 Å². The van der Waals surface area contributed by atoms with Gasteiger partial charge in [-0.3, -0.25) is 0 Å². The molecule has 164 valence electrons. The molecule has 0 amide bonds. The maximum absolute atomic E-state index is 2.47. The molecule has 0 fully saturated rings. The predicted molar refractivity (Wildman–Crippen MR) is 137 cm³/mol. The predicted octanol–water partition coefficient (Wildman–Crippen LogP) is 5.59. The average Bonchev–Trinajstić information content (AvgIpc) is 3.00. The summed E-state index contributed by atoms with van der Waals surface area (Å²) in [4.78, 5) is 0. The summed E-state index contributed by atoms with van der Waals surface area (Å²) in [5.41, 5.74) is 5.60. The van der Waals surface area contributed by atoms with Gasteiger partial charge in [-0.1, -0.05) is 44.9 Å². The zero-order valence-electron chi connectivity index (χ0n) is 19.3. The Morgan fingerprint density at radius 3 is 1.07 bits per heavy atom. The Morgan fingerprint density at radius 2 is 0.828 bits per heavy atom. The van der Waals surface area contributed by atoms with E-state index in [1.165, 1.54) is 87.7 Å². The van der Waals surface area contributed by atoms with Crippen molar-refractivity contribution in [1.29, 1.82) is 0 Å². The molecule has 2 aromatic rings. The van der Waals surface area contributed by atoms with E-state index >= 15 is 0 Å². The standard InChI is InChI=1S/C23H40I2N4/c1-18-22(24)20(3)28(26(18)5)16-14-12-10-8-7-9-11-13-15-17-29-21(4)23(25)19(2)27(29)6/h7-17H2,1-6H3/q+2. The molecule has 0 saturated heterocycles. The Bertz CT molecular complexity index is 688. The van der Waals surface area contributed by atoms with Gasteiger partial charge < -0.3 is 0 Å². The van der Waals surface area contributed by atoms with Gasteiger partial charge in [0.15, 0.2) is 14.1 Å². The van der Waals surface area contributed by atoms with Crippen molar-refractivity contribution in [2.75, 3.05) is 0 Å². The van der Waals surface area contributed by atoms with E-state index in [1.807, 2.05) is 0 Å². The number of halogens is 2. The molecule has 29 heavy (non-hydrogen) atoms. The minimum Gasteiger partial charge on any atom is -0.157 e. The minimum absolute atomic E-state index is 1.15. The van der Waals surface area contributed by atoms with Gasteiger partial charge in [0.05, 0.1) is 24.5 Å². The summed E-state index contributed by atoms with van der Waals surface area (Å²) in [6.07, 6.45) is 12.3. The van der Waals surface area contributed by atoms with Gasteiger partial charge in [-0.05, 0) is 71.9 Å². The fraction of sp³-hybridized carbons (Fsp3) is 0.739. The summed E-state index contributed by atoms with van der Waals surface area (Å²) in [5.74, 6) is 0. The smallest absolute Gasteiger partial charge is 0.157 e. The van der Waals surface area contributed by atoms with Gasteiger partial charge in [-0.15, -0.1) is 9.36 Å². The van der Waals surface area contributed by atoms with Crippen molar-refractivity contribution in [2.24, 2.45) is 14.1 Å². The van der Waals surface area contributed by atoms with Crippen LogP contribution in [-0.4, -0.2) is 9.36 Å². The molecule has 6 heteroatoms. The first-order valence-electron chi connectivity index (χ1n) is 11.2. The lowest BCUT2D eigenvalue weighted by molar-refractivity contribution is -0.759. The van der Waals surface area contributed by atoms with E-state index < -0.39 is 0 Å². The average molecular weight is 626 g/mol. The van der Waals surface area contributed by atoms with Crippen molar-refractivity contribution in [3.05, 3.63) is 29.9 Å². The Labute approximate surface area is 205 Å². The van der Waals surface area contributed by atoms with Crippen LogP contribution < -0.4 is 9.36 Å². The highest BCUT2D eigenvalue weighted by atomic mass is 127. The summed E-state index contributed by atoms with van der Waals surface area (Å²) in [7, 11) is 4.37. The van der Waals surface area contributed by atoms with Crippen molar-refractivity contribution < 1.29 is 9.36 Å². The van der Waals surface area contributed by atoms with E-state index in [0.717, 1.165) is 13.1 Å². The lowest BCUT2D eigenvalue weighted by atomic mass is 10.1. The molecular weight excluding hydrogens is 586 g/mol. The first kappa shape index (κ1) is 25.1. The van der Waals surface area contributed by atoms with Crippen LogP contribution in [-0.2, 0) is 27.2 Å². The fourth-order valence-electron chi connectivity index (χ4n) is 4.24. The molecule has 0 aliphatic rings. The highest BCUT2D eigenvalue weighted by Crippen LogP contribution is 2.16. The van der Waals surface area contributed by atoms with Gasteiger partial charge in [-0.2, -0.15) is 9.36 Å². The van der Waals surface area contributed by atoms with Gasteiger partial charge in [0.1, 0.15) is 7.14 Å². The molecule has 0 aromatic carbocycles. The lowest BCUT2D eigenvalue weighted by Gasteiger charge is -2.05. The largest absolute Gasteiger partial charge is 0.218 e. The Morgan fingerprint density at radius 1 is 0.552 bits per heavy atom. The lowest BCUT2D eigenvalue weighted by Crippen LogP contribution is -2.41. The topological polar surface area (TPSA) is 17.6 Å². The van der Waals surface area contributed by atoms with Crippen LogP contribution in [0, 0.1) is 34.8 Å². The molecule has 0 spiro atoms. The molecule has 0 radical (unpaired) electrons. The molecule has 0 aliphatic heterocycles. The number of rotatable bonds is 12. The van der Waals surface area contributed by atoms with Gasteiger partial charge in [-0.25, -0.2) is 0 Å². The molecule has 0 aliphatic carbocycles. The van der Waals surface area contributed by atoms with Crippen LogP contribution >= 0.6 is 45.2 Å². The molecule has 0 atom stereocenters. The van der Waals surface area contributed by atoms with Crippen molar-refractivity contribution in [2.45, 2.75) is 98.6 Å². The highest BCUT2D eigenvalue weighted by Gasteiger charge is 2.20. The van der Waals surface area contributed by atoms with Crippen molar-refractivity contribution in [1.82, 2.24) is 9.36 Å². The normalized spacial score (nSPS) is 11.6. The Hall–Kier alpha value is -0.120. The third-order valence-electron chi connectivity index (χ3n) is 6.48. The van der Waals surface area contributed by atoms with Gasteiger partial charge in [0.2, 0.25) is 11.4 Å². The molecule has 0 N–H and O–H groups in total. The fourth-order valence-corrected chi connectivity index (χ4v) is 5.50. The number of aromatic nitrogens is 4. The number of hydrogen-bond donors (Lipinski definition) is 0. The first-order chi connectivity index (χ1) is 13.8. The summed E-state index contributed by atoms with van der Waals surface area (Å²) in [5, 5.41) is 0. The van der Waals surface area contributed by atoms with Crippen molar-refractivity contribution in [3.63, 3.8) is 0 Å². The van der Waals surface area contributed by atoms with Crippen LogP contribution in [0.1, 0.15) is 80.6 Å². The third-order valence-corrected chi connectivity index (χ3v) is 9.60. The zero-order chi connectivity index (χ0) is 21.6. The third kappa shape index (κ3) is 6.43. The zero-order valence-corrected chi connectivity index (χ0v) is 23.6. The second-order valence-corrected chi connectivity index (χ2v) is 10.6. The number of unbranched alkanes of at least 4 members (excludes halogenated alkanes) is 8. The second-order valence-electron chi connectivity index (χ2n) is 8.45. The summed E-state index contributed by atoms with van der Waals surface area (Å²) < 4.78 is 12.3. The molecule has 4 nitrogen and oxygen atoms in total. The highest BCUT2D eigenvalue weighted by molar-refractivity contribution is 14.1. The minimum atomic E-state index is 1.15. The summed E-state index contributed by atoms with van der Waals surface area (Å²) >= 11 is 4.94. The van der Waals surface area contributed by atoms with E-state index in [9.17, 15) is 0 Å². The van der Waals surface area contributed by atoms with Crippen LogP contribution in [0.25, 0.3) is 0 Å². The summed E-state index contributed by atoms with van der Waals surface area (Å²) in [6, 6.07) is 0. The molecule has 0 bridgehead atoms. The van der Waals surface area contributed by atoms with Crippen molar-refractivity contribution >= 4 is 45.2 Å². The molecular formula is C23H40I2N4+2. The van der Waals surface area contributed by atoms with E-state index in [0.29, 0.717) is 0 Å². The second kappa shape index (κ2) is 12.1. The van der Waals surface area contributed by atoms with Gasteiger partial charge in [0, 0.05) is 13.8 Å². The molecule has 2 heterocycles.